The number of hydrogen-bond acceptors (Lipinski definition) is 3. The summed E-state index contributed by atoms with van der Waals surface area (Å²) < 4.78 is 5.61. The van der Waals surface area contributed by atoms with E-state index >= 15 is 0 Å². The Bertz CT molecular complexity index is 175. The third kappa shape index (κ3) is 1.39. The van der Waals surface area contributed by atoms with Crippen LogP contribution in [0.4, 0.5) is 0 Å². The van der Waals surface area contributed by atoms with Gasteiger partial charge in [0.1, 0.15) is 0 Å². The number of methoxy groups -OCH3 is 1. The van der Waals surface area contributed by atoms with Crippen molar-refractivity contribution in [3.8, 4) is 0 Å². The van der Waals surface area contributed by atoms with E-state index < -0.39 is 0 Å². The predicted octanol–water partition coefficient (Wildman–Crippen LogP) is 0.587. The van der Waals surface area contributed by atoms with E-state index in [1.165, 1.54) is 12.8 Å². The summed E-state index contributed by atoms with van der Waals surface area (Å²) in [6, 6.07) is 1.42. The molecule has 76 valence electrons. The molecule has 3 heteroatoms. The van der Waals surface area contributed by atoms with Crippen LogP contribution in [0, 0.1) is 0 Å². The monoisotopic (exact) mass is 184 g/mol. The summed E-state index contributed by atoms with van der Waals surface area (Å²) in [6.45, 7) is 0.671. The third-order valence-corrected chi connectivity index (χ3v) is 4.01. The molecule has 0 amide bonds. The number of ether oxygens (including phenoxy) is 1. The molecule has 2 aliphatic heterocycles. The molecule has 2 rings (SSSR count). The van der Waals surface area contributed by atoms with Crippen LogP contribution in [0.1, 0.15) is 25.7 Å². The highest BCUT2D eigenvalue weighted by Gasteiger charge is 2.46. The van der Waals surface area contributed by atoms with Crippen molar-refractivity contribution >= 4 is 0 Å². The fourth-order valence-electron chi connectivity index (χ4n) is 2.94. The van der Waals surface area contributed by atoms with Gasteiger partial charge in [-0.25, -0.2) is 0 Å². The first-order valence-electron chi connectivity index (χ1n) is 5.18. The molecule has 2 fully saturated rings. The largest absolute Gasteiger partial charge is 0.377 e. The zero-order chi connectivity index (χ0) is 9.47. The van der Waals surface area contributed by atoms with Crippen molar-refractivity contribution in [2.45, 2.75) is 43.4 Å². The van der Waals surface area contributed by atoms with Gasteiger partial charge >= 0.3 is 0 Å². The Morgan fingerprint density at radius 1 is 1.38 bits per heavy atom. The summed E-state index contributed by atoms with van der Waals surface area (Å²) in [5.74, 6) is 0. The Morgan fingerprint density at radius 2 is 1.92 bits per heavy atom. The van der Waals surface area contributed by atoms with Gasteiger partial charge in [-0.15, -0.1) is 0 Å². The molecule has 2 unspecified atom stereocenters. The van der Waals surface area contributed by atoms with Gasteiger partial charge in [0.2, 0.25) is 0 Å². The molecule has 2 bridgehead atoms. The number of nitrogens with two attached hydrogens (primary N) is 1. The van der Waals surface area contributed by atoms with Crippen LogP contribution in [0.25, 0.3) is 0 Å². The minimum Gasteiger partial charge on any atom is -0.377 e. The zero-order valence-corrected chi connectivity index (χ0v) is 8.62. The molecule has 0 aromatic rings. The van der Waals surface area contributed by atoms with Gasteiger partial charge in [0.05, 0.1) is 5.60 Å². The summed E-state index contributed by atoms with van der Waals surface area (Å²) in [7, 11) is 4.04. The molecule has 0 aromatic heterocycles. The van der Waals surface area contributed by atoms with Gasteiger partial charge in [0, 0.05) is 25.7 Å². The quantitative estimate of drug-likeness (QED) is 0.682. The second-order valence-corrected chi connectivity index (χ2v) is 4.55. The molecule has 0 aliphatic carbocycles. The highest BCUT2D eigenvalue weighted by molar-refractivity contribution is 5.02. The summed E-state index contributed by atoms with van der Waals surface area (Å²) in [4.78, 5) is 2.51. The van der Waals surface area contributed by atoms with Crippen molar-refractivity contribution in [1.29, 1.82) is 0 Å². The van der Waals surface area contributed by atoms with Crippen LogP contribution < -0.4 is 5.73 Å². The first kappa shape index (κ1) is 9.44. The summed E-state index contributed by atoms with van der Waals surface area (Å²) in [5, 5.41) is 0. The van der Waals surface area contributed by atoms with Gasteiger partial charge in [-0.1, -0.05) is 0 Å². The Hall–Kier alpha value is -0.120. The standard InChI is InChI=1S/C10H20N2O/c1-12-8-3-4-9(12)6-10(5-8,7-11)13-2/h8-9H,3-7,11H2,1-2H3. The lowest BCUT2D eigenvalue weighted by Gasteiger charge is -2.43. The lowest BCUT2D eigenvalue weighted by Crippen LogP contribution is -2.53. The van der Waals surface area contributed by atoms with E-state index in [0.717, 1.165) is 12.8 Å². The van der Waals surface area contributed by atoms with Crippen LogP contribution in [-0.4, -0.2) is 43.3 Å². The molecule has 2 aliphatic rings. The fourth-order valence-corrected chi connectivity index (χ4v) is 2.94. The van der Waals surface area contributed by atoms with Crippen LogP contribution in [0.5, 0.6) is 0 Å². The molecule has 2 atom stereocenters. The first-order valence-corrected chi connectivity index (χ1v) is 5.18. The third-order valence-electron chi connectivity index (χ3n) is 4.01. The second-order valence-electron chi connectivity index (χ2n) is 4.55. The molecule has 3 nitrogen and oxygen atoms in total. The number of rotatable bonds is 2. The topological polar surface area (TPSA) is 38.5 Å². The van der Waals surface area contributed by atoms with Gasteiger partial charge in [-0.2, -0.15) is 0 Å². The number of fused-ring (bicyclic) bond motifs is 2. The Balaban J connectivity index is 2.13. The molecule has 2 N–H and O–H groups in total. The molecular formula is C10H20N2O. The van der Waals surface area contributed by atoms with Crippen molar-refractivity contribution < 1.29 is 4.74 Å². The van der Waals surface area contributed by atoms with Gasteiger partial charge in [-0.3, -0.25) is 0 Å². The molecular weight excluding hydrogens is 164 g/mol. The van der Waals surface area contributed by atoms with E-state index in [0.29, 0.717) is 18.6 Å². The van der Waals surface area contributed by atoms with Crippen LogP contribution in [-0.2, 0) is 4.74 Å². The lowest BCUT2D eigenvalue weighted by molar-refractivity contribution is -0.0687. The molecule has 0 radical (unpaired) electrons. The van der Waals surface area contributed by atoms with E-state index in [9.17, 15) is 0 Å². The predicted molar refractivity (Wildman–Crippen MR) is 52.6 cm³/mol. The van der Waals surface area contributed by atoms with E-state index in [1.54, 1.807) is 7.11 Å². The van der Waals surface area contributed by atoms with Gasteiger partial charge in [0.25, 0.3) is 0 Å². The van der Waals surface area contributed by atoms with Crippen LogP contribution in [0.15, 0.2) is 0 Å². The second kappa shape index (κ2) is 3.23. The molecule has 0 saturated carbocycles. The summed E-state index contributed by atoms with van der Waals surface area (Å²) in [6.07, 6.45) is 4.89. The zero-order valence-electron chi connectivity index (χ0n) is 8.62. The number of nitrogens with zero attached hydrogens (tertiary/aromatic N) is 1. The SMILES string of the molecule is COC1(CN)CC2CCC(C1)N2C. The average Bonchev–Trinajstić information content (AvgIpc) is 2.43. The van der Waals surface area contributed by atoms with Crippen LogP contribution >= 0.6 is 0 Å². The maximum absolute atomic E-state index is 5.80. The molecule has 0 aromatic carbocycles. The Labute approximate surface area is 80.2 Å². The van der Waals surface area contributed by atoms with Crippen LogP contribution in [0.3, 0.4) is 0 Å². The lowest BCUT2D eigenvalue weighted by atomic mass is 9.86. The van der Waals surface area contributed by atoms with Crippen LogP contribution in [0.2, 0.25) is 0 Å². The van der Waals surface area contributed by atoms with Crippen molar-refractivity contribution in [3.63, 3.8) is 0 Å². The van der Waals surface area contributed by atoms with Crippen molar-refractivity contribution in [2.24, 2.45) is 5.73 Å². The number of hydrogen-bond donors (Lipinski definition) is 1. The highest BCUT2D eigenvalue weighted by atomic mass is 16.5. The number of piperidine rings is 1. The van der Waals surface area contributed by atoms with Gasteiger partial charge in [-0.05, 0) is 32.7 Å². The Kier molecular flexibility index (Phi) is 2.34. The van der Waals surface area contributed by atoms with Crippen molar-refractivity contribution in [1.82, 2.24) is 4.90 Å². The van der Waals surface area contributed by atoms with E-state index in [-0.39, 0.29) is 5.60 Å². The fraction of sp³-hybridized carbons (Fsp3) is 1.00. The molecule has 2 heterocycles. The van der Waals surface area contributed by atoms with Gasteiger partial charge in [0.15, 0.2) is 0 Å². The first-order chi connectivity index (χ1) is 6.21. The normalized spacial score (nSPS) is 45.5. The summed E-state index contributed by atoms with van der Waals surface area (Å²) >= 11 is 0. The molecule has 13 heavy (non-hydrogen) atoms. The summed E-state index contributed by atoms with van der Waals surface area (Å²) in [5.41, 5.74) is 5.79. The molecule has 2 saturated heterocycles. The smallest absolute Gasteiger partial charge is 0.0830 e. The Morgan fingerprint density at radius 3 is 2.31 bits per heavy atom. The van der Waals surface area contributed by atoms with Crippen molar-refractivity contribution in [3.05, 3.63) is 0 Å². The van der Waals surface area contributed by atoms with E-state index in [4.69, 9.17) is 10.5 Å². The van der Waals surface area contributed by atoms with Crippen molar-refractivity contribution in [2.75, 3.05) is 20.7 Å². The highest BCUT2D eigenvalue weighted by Crippen LogP contribution is 2.40. The van der Waals surface area contributed by atoms with E-state index in [1.807, 2.05) is 0 Å². The minimum atomic E-state index is -0.0155. The van der Waals surface area contributed by atoms with E-state index in [2.05, 4.69) is 11.9 Å². The average molecular weight is 184 g/mol. The minimum absolute atomic E-state index is 0.0155. The maximum atomic E-state index is 5.80. The van der Waals surface area contributed by atoms with Gasteiger partial charge < -0.3 is 15.4 Å². The molecule has 0 spiro atoms. The maximum Gasteiger partial charge on any atom is 0.0830 e.